The number of phosphoric acid groups is 1. The van der Waals surface area contributed by atoms with Gasteiger partial charge in [-0.2, -0.15) is 0 Å². The van der Waals surface area contributed by atoms with Gasteiger partial charge in [0, 0.05) is 0 Å². The molecule has 0 fully saturated rings. The summed E-state index contributed by atoms with van der Waals surface area (Å²) in [6.45, 7) is 1.43. The van der Waals surface area contributed by atoms with Crippen LogP contribution in [0.4, 0.5) is 0 Å². The van der Waals surface area contributed by atoms with Crippen LogP contribution in [-0.2, 0) is 32.7 Å². The zero-order chi connectivity index (χ0) is 13.1. The van der Waals surface area contributed by atoms with Gasteiger partial charge < -0.3 is 14.4 Å². The van der Waals surface area contributed by atoms with E-state index in [1.807, 2.05) is 0 Å². The molecule has 0 aromatic carbocycles. The fourth-order valence-corrected chi connectivity index (χ4v) is 1.62. The van der Waals surface area contributed by atoms with Gasteiger partial charge in [-0.05, 0) is 6.42 Å². The minimum atomic E-state index is -4.16. The van der Waals surface area contributed by atoms with Crippen LogP contribution < -0.4 is 0 Å². The molecule has 0 spiro atoms. The van der Waals surface area contributed by atoms with E-state index in [4.69, 9.17) is 4.89 Å². The quantitative estimate of drug-likeness (QED) is 0.420. The van der Waals surface area contributed by atoms with Crippen molar-refractivity contribution in [2.45, 2.75) is 19.4 Å². The van der Waals surface area contributed by atoms with Crippen LogP contribution in [0.2, 0.25) is 0 Å². The Morgan fingerprint density at radius 3 is 2.47 bits per heavy atom. The van der Waals surface area contributed by atoms with Crippen LogP contribution in [0.3, 0.4) is 0 Å². The van der Waals surface area contributed by atoms with Crippen LogP contribution in [0.1, 0.15) is 13.3 Å². The van der Waals surface area contributed by atoms with Gasteiger partial charge in [-0.3, -0.25) is 18.6 Å². The second-order valence-corrected chi connectivity index (χ2v) is 4.33. The van der Waals surface area contributed by atoms with Gasteiger partial charge in [-0.25, -0.2) is 4.57 Å². The molecule has 0 saturated carbocycles. The lowest BCUT2D eigenvalue weighted by molar-refractivity contribution is -0.144. The molecule has 8 nitrogen and oxygen atoms in total. The molecule has 0 amide bonds. The van der Waals surface area contributed by atoms with E-state index in [0.29, 0.717) is 6.42 Å². The van der Waals surface area contributed by atoms with Gasteiger partial charge >= 0.3 is 7.82 Å². The van der Waals surface area contributed by atoms with E-state index in [0.717, 1.165) is 0 Å². The number of rotatable bonds is 11. The maximum Gasteiger partial charge on any atom is 0.472 e. The summed E-state index contributed by atoms with van der Waals surface area (Å²) in [7, 11) is -4.16. The van der Waals surface area contributed by atoms with E-state index < -0.39 is 20.5 Å². The molecule has 0 aromatic rings. The van der Waals surface area contributed by atoms with E-state index in [1.165, 1.54) is 0 Å². The number of carbonyl (C=O) groups excluding carboxylic acids is 2. The Morgan fingerprint density at radius 1 is 1.24 bits per heavy atom. The number of hydrogen-bond acceptors (Lipinski definition) is 7. The predicted octanol–water partition coefficient (Wildman–Crippen LogP) is 0.245. The first kappa shape index (κ1) is 16.1. The molecule has 1 N–H and O–H groups in total. The molecule has 100 valence electrons. The Morgan fingerprint density at radius 2 is 1.94 bits per heavy atom. The van der Waals surface area contributed by atoms with Crippen molar-refractivity contribution in [1.82, 2.24) is 0 Å². The van der Waals surface area contributed by atoms with E-state index in [2.05, 4.69) is 18.5 Å². The van der Waals surface area contributed by atoms with Crippen LogP contribution in [0.25, 0.3) is 0 Å². The average Bonchev–Trinajstić information content (AvgIpc) is 2.30. The summed E-state index contributed by atoms with van der Waals surface area (Å²) in [5.41, 5.74) is 0. The first-order valence-electron chi connectivity index (χ1n) is 4.82. The maximum absolute atomic E-state index is 11.2. The predicted molar refractivity (Wildman–Crippen MR) is 55.0 cm³/mol. The van der Waals surface area contributed by atoms with Gasteiger partial charge in [0.25, 0.3) is 12.9 Å². The summed E-state index contributed by atoms with van der Waals surface area (Å²) in [6.07, 6.45) is -0.403. The van der Waals surface area contributed by atoms with Crippen molar-refractivity contribution in [1.29, 1.82) is 0 Å². The van der Waals surface area contributed by atoms with E-state index >= 15 is 0 Å². The van der Waals surface area contributed by atoms with Crippen molar-refractivity contribution in [3.8, 4) is 0 Å². The summed E-state index contributed by atoms with van der Waals surface area (Å²) in [5, 5.41) is 0. The fourth-order valence-electron chi connectivity index (χ4n) is 0.773. The highest BCUT2D eigenvalue weighted by Gasteiger charge is 2.23. The van der Waals surface area contributed by atoms with Crippen molar-refractivity contribution in [2.75, 3.05) is 19.8 Å². The lowest BCUT2D eigenvalue weighted by Gasteiger charge is -2.16. The van der Waals surface area contributed by atoms with Crippen LogP contribution in [0.15, 0.2) is 0 Å². The third-order valence-corrected chi connectivity index (χ3v) is 2.46. The van der Waals surface area contributed by atoms with Crippen molar-refractivity contribution in [3.63, 3.8) is 0 Å². The van der Waals surface area contributed by atoms with Gasteiger partial charge in [0.05, 0.1) is 13.2 Å². The summed E-state index contributed by atoms with van der Waals surface area (Å²) in [5.74, 6) is 0. The molecule has 0 aliphatic carbocycles. The third kappa shape index (κ3) is 8.82. The molecule has 0 heterocycles. The summed E-state index contributed by atoms with van der Waals surface area (Å²) in [4.78, 5) is 29.2. The van der Waals surface area contributed by atoms with E-state index in [1.54, 1.807) is 6.92 Å². The first-order chi connectivity index (χ1) is 8.05. The molecule has 0 saturated heterocycles. The summed E-state index contributed by atoms with van der Waals surface area (Å²) >= 11 is 0. The molecule has 2 atom stereocenters. The van der Waals surface area contributed by atoms with E-state index in [-0.39, 0.29) is 26.2 Å². The zero-order valence-corrected chi connectivity index (χ0v) is 10.2. The van der Waals surface area contributed by atoms with Crippen LogP contribution >= 0.6 is 7.82 Å². The average molecular weight is 270 g/mol. The Bertz CT molecular complexity index is 268. The van der Waals surface area contributed by atoms with Crippen molar-refractivity contribution < 1.29 is 37.6 Å². The highest BCUT2D eigenvalue weighted by molar-refractivity contribution is 7.47. The van der Waals surface area contributed by atoms with Gasteiger partial charge in [-0.1, -0.05) is 6.92 Å². The Balaban J connectivity index is 4.04. The minimum Gasteiger partial charge on any atom is -0.464 e. The summed E-state index contributed by atoms with van der Waals surface area (Å²) < 4.78 is 29.1. The molecular formula is C8H15O8P. The Hall–Kier alpha value is -0.950. The molecular weight excluding hydrogens is 255 g/mol. The number of carbonyl (C=O) groups is 2. The molecule has 0 bridgehead atoms. The van der Waals surface area contributed by atoms with Crippen molar-refractivity contribution in [3.05, 3.63) is 0 Å². The van der Waals surface area contributed by atoms with Crippen LogP contribution in [0, 0.1) is 0 Å². The SMILES string of the molecule is CCCOP(=O)(O)OC[C@@H](COC=O)OC=O. The topological polar surface area (TPSA) is 108 Å². The second kappa shape index (κ2) is 9.12. The smallest absolute Gasteiger partial charge is 0.464 e. The van der Waals surface area contributed by atoms with Crippen LogP contribution in [0.5, 0.6) is 0 Å². The molecule has 1 unspecified atom stereocenters. The van der Waals surface area contributed by atoms with E-state index in [9.17, 15) is 14.2 Å². The van der Waals surface area contributed by atoms with Crippen molar-refractivity contribution >= 4 is 20.8 Å². The normalized spacial score (nSPS) is 15.6. The monoisotopic (exact) mass is 270 g/mol. The molecule has 17 heavy (non-hydrogen) atoms. The standard InChI is InChI=1S/C8H15O8P/c1-2-3-15-17(11,12)16-5-8(14-7-10)4-13-6-9/h6-8H,2-5H2,1H3,(H,11,12)/t8-/m1/s1. The number of phosphoric ester groups is 1. The third-order valence-electron chi connectivity index (χ3n) is 1.48. The second-order valence-electron chi connectivity index (χ2n) is 2.88. The first-order valence-corrected chi connectivity index (χ1v) is 6.31. The number of hydrogen-bond donors (Lipinski definition) is 1. The minimum absolute atomic E-state index is 0.0673. The zero-order valence-electron chi connectivity index (χ0n) is 9.31. The fraction of sp³-hybridized carbons (Fsp3) is 0.750. The summed E-state index contributed by atoms with van der Waals surface area (Å²) in [6, 6.07) is 0. The number of ether oxygens (including phenoxy) is 2. The molecule has 0 aliphatic heterocycles. The van der Waals surface area contributed by atoms with Gasteiger partial charge in [-0.15, -0.1) is 0 Å². The molecule has 0 aliphatic rings. The molecule has 0 aromatic heterocycles. The molecule has 9 heteroatoms. The lowest BCUT2D eigenvalue weighted by Crippen LogP contribution is -2.24. The van der Waals surface area contributed by atoms with Gasteiger partial charge in [0.2, 0.25) is 0 Å². The molecule has 0 radical (unpaired) electrons. The van der Waals surface area contributed by atoms with Crippen molar-refractivity contribution in [2.24, 2.45) is 0 Å². The van der Waals surface area contributed by atoms with Gasteiger partial charge in [0.15, 0.2) is 6.10 Å². The van der Waals surface area contributed by atoms with Gasteiger partial charge in [0.1, 0.15) is 6.61 Å². The maximum atomic E-state index is 11.2. The highest BCUT2D eigenvalue weighted by atomic mass is 31.2. The Labute approximate surface area is 98.4 Å². The highest BCUT2D eigenvalue weighted by Crippen LogP contribution is 2.43. The lowest BCUT2D eigenvalue weighted by atomic mass is 10.4. The van der Waals surface area contributed by atoms with Crippen LogP contribution in [-0.4, -0.2) is 43.8 Å². The Kier molecular flexibility index (Phi) is 8.61. The largest absolute Gasteiger partial charge is 0.472 e. The molecule has 0 rings (SSSR count).